The molecule has 116 valence electrons. The lowest BCUT2D eigenvalue weighted by Crippen LogP contribution is -2.59. The summed E-state index contributed by atoms with van der Waals surface area (Å²) in [5.41, 5.74) is 0.333. The number of rotatable bonds is 6. The fourth-order valence-electron chi connectivity index (χ4n) is 2.22. The Bertz CT molecular complexity index is 518. The van der Waals surface area contributed by atoms with Crippen molar-refractivity contribution in [1.82, 2.24) is 10.6 Å². The molecular weight excluding hydrogens is 275 g/mol. The van der Waals surface area contributed by atoms with Crippen LogP contribution >= 0.6 is 0 Å². The maximum Gasteiger partial charge on any atom is 0.246 e. The van der Waals surface area contributed by atoms with E-state index in [4.69, 9.17) is 9.47 Å². The fourth-order valence-corrected chi connectivity index (χ4v) is 2.22. The van der Waals surface area contributed by atoms with Crippen LogP contribution in [0.15, 0.2) is 18.2 Å². The molecule has 0 bridgehead atoms. The minimum absolute atomic E-state index is 0.0137. The zero-order chi connectivity index (χ0) is 15.5. The minimum Gasteiger partial charge on any atom is -0.496 e. The molecule has 1 aliphatic heterocycles. The molecule has 1 saturated heterocycles. The van der Waals surface area contributed by atoms with E-state index >= 15 is 0 Å². The minimum atomic E-state index is -0.365. The van der Waals surface area contributed by atoms with Crippen LogP contribution in [-0.2, 0) is 9.53 Å². The lowest BCUT2D eigenvalue weighted by molar-refractivity contribution is -0.136. The molecule has 1 amide bonds. The third kappa shape index (κ3) is 3.92. The molecule has 0 aromatic heterocycles. The third-order valence-corrected chi connectivity index (χ3v) is 3.59. The number of hydrogen-bond acceptors (Lipinski definition) is 4. The van der Waals surface area contributed by atoms with Crippen LogP contribution in [0.1, 0.15) is 25.5 Å². The molecule has 0 spiro atoms. The quantitative estimate of drug-likeness (QED) is 0.833. The van der Waals surface area contributed by atoms with Gasteiger partial charge in [-0.1, -0.05) is 0 Å². The standard InChI is InChI=1S/C15H21FN2O3/c1-10(12-6-11(16)4-5-13(12)20-3)18-14(19)7-21-15(2)8-17-9-15/h4-6,10,17H,7-9H2,1-3H3,(H,18,19). The van der Waals surface area contributed by atoms with Gasteiger partial charge in [0.1, 0.15) is 18.2 Å². The molecule has 2 N–H and O–H groups in total. The van der Waals surface area contributed by atoms with Gasteiger partial charge < -0.3 is 20.1 Å². The molecule has 1 fully saturated rings. The van der Waals surface area contributed by atoms with Crippen LogP contribution in [0.4, 0.5) is 4.39 Å². The van der Waals surface area contributed by atoms with Crippen molar-refractivity contribution in [2.45, 2.75) is 25.5 Å². The van der Waals surface area contributed by atoms with Crippen LogP contribution in [0.5, 0.6) is 5.75 Å². The molecule has 1 heterocycles. The molecule has 0 radical (unpaired) electrons. The van der Waals surface area contributed by atoms with Gasteiger partial charge in [-0.25, -0.2) is 4.39 Å². The van der Waals surface area contributed by atoms with Crippen molar-refractivity contribution in [1.29, 1.82) is 0 Å². The van der Waals surface area contributed by atoms with Gasteiger partial charge in [-0.15, -0.1) is 0 Å². The average molecular weight is 296 g/mol. The van der Waals surface area contributed by atoms with Gasteiger partial charge in [0.15, 0.2) is 0 Å². The van der Waals surface area contributed by atoms with E-state index in [1.807, 2.05) is 6.92 Å². The summed E-state index contributed by atoms with van der Waals surface area (Å²) in [6, 6.07) is 3.87. The zero-order valence-corrected chi connectivity index (χ0v) is 12.5. The Morgan fingerprint density at radius 3 is 2.81 bits per heavy atom. The molecule has 1 aliphatic rings. The summed E-state index contributed by atoms with van der Waals surface area (Å²) >= 11 is 0. The van der Waals surface area contributed by atoms with Crippen LogP contribution < -0.4 is 15.4 Å². The maximum absolute atomic E-state index is 13.3. The van der Waals surface area contributed by atoms with Gasteiger partial charge in [0, 0.05) is 18.7 Å². The van der Waals surface area contributed by atoms with Gasteiger partial charge in [-0.3, -0.25) is 4.79 Å². The van der Waals surface area contributed by atoms with Gasteiger partial charge in [0.05, 0.1) is 18.8 Å². The molecular formula is C15H21FN2O3. The summed E-state index contributed by atoms with van der Waals surface area (Å²) in [5, 5.41) is 5.89. The summed E-state index contributed by atoms with van der Waals surface area (Å²) in [4.78, 5) is 11.9. The largest absolute Gasteiger partial charge is 0.496 e. The highest BCUT2D eigenvalue weighted by molar-refractivity contribution is 5.77. The van der Waals surface area contributed by atoms with Crippen LogP contribution in [0.3, 0.4) is 0 Å². The Morgan fingerprint density at radius 1 is 1.52 bits per heavy atom. The normalized spacial score (nSPS) is 17.7. The van der Waals surface area contributed by atoms with E-state index in [9.17, 15) is 9.18 Å². The van der Waals surface area contributed by atoms with E-state index in [2.05, 4.69) is 10.6 Å². The van der Waals surface area contributed by atoms with E-state index in [1.54, 1.807) is 13.0 Å². The second-order valence-corrected chi connectivity index (χ2v) is 5.52. The predicted octanol–water partition coefficient (Wildman–Crippen LogP) is 1.39. The molecule has 21 heavy (non-hydrogen) atoms. The summed E-state index contributed by atoms with van der Waals surface area (Å²) in [6.07, 6.45) is 0. The van der Waals surface area contributed by atoms with Crippen LogP contribution in [0.2, 0.25) is 0 Å². The highest BCUT2D eigenvalue weighted by Gasteiger charge is 2.33. The van der Waals surface area contributed by atoms with Crippen LogP contribution in [0.25, 0.3) is 0 Å². The van der Waals surface area contributed by atoms with Crippen LogP contribution in [-0.4, -0.2) is 38.3 Å². The van der Waals surface area contributed by atoms with Gasteiger partial charge in [0.25, 0.3) is 0 Å². The lowest BCUT2D eigenvalue weighted by atomic mass is 10.0. The molecule has 1 atom stereocenters. The van der Waals surface area contributed by atoms with E-state index in [1.165, 1.54) is 19.2 Å². The number of methoxy groups -OCH3 is 1. The topological polar surface area (TPSA) is 59.6 Å². The van der Waals surface area contributed by atoms with Gasteiger partial charge in [-0.05, 0) is 32.0 Å². The van der Waals surface area contributed by atoms with Crippen molar-refractivity contribution in [3.63, 3.8) is 0 Å². The first-order chi connectivity index (χ1) is 9.93. The number of benzene rings is 1. The van der Waals surface area contributed by atoms with Crippen molar-refractivity contribution < 1.29 is 18.7 Å². The second-order valence-electron chi connectivity index (χ2n) is 5.52. The molecule has 1 aromatic rings. The Morgan fingerprint density at radius 2 is 2.24 bits per heavy atom. The first kappa shape index (κ1) is 15.7. The number of carbonyl (C=O) groups excluding carboxylic acids is 1. The summed E-state index contributed by atoms with van der Waals surface area (Å²) in [5.74, 6) is -0.0570. The Balaban J connectivity index is 1.92. The smallest absolute Gasteiger partial charge is 0.246 e. The van der Waals surface area contributed by atoms with Gasteiger partial charge in [-0.2, -0.15) is 0 Å². The van der Waals surface area contributed by atoms with Gasteiger partial charge >= 0.3 is 0 Å². The van der Waals surface area contributed by atoms with Crippen molar-refractivity contribution >= 4 is 5.91 Å². The third-order valence-electron chi connectivity index (χ3n) is 3.59. The molecule has 5 nitrogen and oxygen atoms in total. The molecule has 0 aliphatic carbocycles. The number of hydrogen-bond donors (Lipinski definition) is 2. The van der Waals surface area contributed by atoms with E-state index < -0.39 is 0 Å². The number of halogens is 1. The average Bonchev–Trinajstić information content (AvgIpc) is 2.43. The van der Waals surface area contributed by atoms with E-state index in [0.29, 0.717) is 11.3 Å². The first-order valence-electron chi connectivity index (χ1n) is 6.91. The monoisotopic (exact) mass is 296 g/mol. The van der Waals surface area contributed by atoms with Crippen molar-refractivity contribution in [3.05, 3.63) is 29.6 Å². The van der Waals surface area contributed by atoms with E-state index in [0.717, 1.165) is 13.1 Å². The molecule has 1 unspecified atom stereocenters. The number of nitrogens with one attached hydrogen (secondary N) is 2. The maximum atomic E-state index is 13.3. The van der Waals surface area contributed by atoms with E-state index in [-0.39, 0.29) is 30.0 Å². The fraction of sp³-hybridized carbons (Fsp3) is 0.533. The zero-order valence-electron chi connectivity index (χ0n) is 12.5. The number of amides is 1. The molecule has 1 aromatic carbocycles. The van der Waals surface area contributed by atoms with Gasteiger partial charge in [0.2, 0.25) is 5.91 Å². The highest BCUT2D eigenvalue weighted by atomic mass is 19.1. The number of carbonyl (C=O) groups is 1. The predicted molar refractivity (Wildman–Crippen MR) is 76.7 cm³/mol. The summed E-state index contributed by atoms with van der Waals surface area (Å²) < 4.78 is 24.1. The SMILES string of the molecule is COc1ccc(F)cc1C(C)NC(=O)COC1(C)CNC1. The van der Waals surface area contributed by atoms with Crippen molar-refractivity contribution in [2.24, 2.45) is 0 Å². The lowest BCUT2D eigenvalue weighted by Gasteiger charge is -2.38. The molecule has 6 heteroatoms. The van der Waals surface area contributed by atoms with Crippen LogP contribution in [0, 0.1) is 5.82 Å². The van der Waals surface area contributed by atoms with Crippen molar-refractivity contribution in [2.75, 3.05) is 26.8 Å². The Kier molecular flexibility index (Phi) is 4.80. The first-order valence-corrected chi connectivity index (χ1v) is 6.91. The number of ether oxygens (including phenoxy) is 2. The molecule has 2 rings (SSSR count). The summed E-state index contributed by atoms with van der Waals surface area (Å²) in [7, 11) is 1.51. The van der Waals surface area contributed by atoms with Crippen molar-refractivity contribution in [3.8, 4) is 5.75 Å². The Hall–Kier alpha value is -1.66. The molecule has 0 saturated carbocycles. The second kappa shape index (κ2) is 6.41. The Labute approximate surface area is 123 Å². The highest BCUT2D eigenvalue weighted by Crippen LogP contribution is 2.25. The summed E-state index contributed by atoms with van der Waals surface area (Å²) in [6.45, 7) is 5.21.